The van der Waals surface area contributed by atoms with Gasteiger partial charge in [0.25, 0.3) is 0 Å². The van der Waals surface area contributed by atoms with Gasteiger partial charge in [-0.1, -0.05) is 11.8 Å². The number of halogens is 1. The van der Waals surface area contributed by atoms with Gasteiger partial charge in [-0.3, -0.25) is 0 Å². The minimum absolute atomic E-state index is 0.137. The third-order valence-electron chi connectivity index (χ3n) is 2.60. The Labute approximate surface area is 106 Å². The summed E-state index contributed by atoms with van der Waals surface area (Å²) in [5, 5.41) is 8.53. The molecule has 4 heteroatoms. The molecule has 0 unspecified atom stereocenters. The van der Waals surface area contributed by atoms with Gasteiger partial charge >= 0.3 is 0 Å². The van der Waals surface area contributed by atoms with E-state index in [1.54, 1.807) is 6.07 Å². The van der Waals surface area contributed by atoms with Crippen LogP contribution in [0.4, 0.5) is 4.39 Å². The minimum Gasteiger partial charge on any atom is -0.467 e. The van der Waals surface area contributed by atoms with Gasteiger partial charge in [0.1, 0.15) is 18.2 Å². The van der Waals surface area contributed by atoms with Crippen LogP contribution in [-0.4, -0.2) is 25.1 Å². The van der Waals surface area contributed by atoms with Crippen LogP contribution >= 0.6 is 0 Å². The molecule has 1 aromatic rings. The van der Waals surface area contributed by atoms with E-state index in [0.29, 0.717) is 18.3 Å². The fourth-order valence-electron chi connectivity index (χ4n) is 1.43. The molecule has 1 aromatic carbocycles. The molecular weight excluding hydrogens is 235 g/mol. The molecule has 96 valence electrons. The highest BCUT2D eigenvalue weighted by molar-refractivity contribution is 5.39. The van der Waals surface area contributed by atoms with E-state index in [4.69, 9.17) is 14.6 Å². The number of aliphatic hydroxyl groups is 1. The molecule has 0 bridgehead atoms. The highest BCUT2D eigenvalue weighted by Gasteiger charge is 2.21. The van der Waals surface area contributed by atoms with Gasteiger partial charge in [0.05, 0.1) is 12.2 Å². The van der Waals surface area contributed by atoms with Crippen molar-refractivity contribution in [1.82, 2.24) is 0 Å². The zero-order valence-corrected chi connectivity index (χ0v) is 9.99. The summed E-state index contributed by atoms with van der Waals surface area (Å²) in [6.45, 7) is 0.562. The van der Waals surface area contributed by atoms with Gasteiger partial charge in [-0.2, -0.15) is 0 Å². The van der Waals surface area contributed by atoms with Gasteiger partial charge in [-0.15, -0.1) is 0 Å². The lowest BCUT2D eigenvalue weighted by atomic mass is 10.2. The average molecular weight is 250 g/mol. The highest BCUT2D eigenvalue weighted by atomic mass is 19.1. The van der Waals surface area contributed by atoms with Gasteiger partial charge in [0.2, 0.25) is 0 Å². The molecule has 1 aliphatic rings. The van der Waals surface area contributed by atoms with Crippen LogP contribution in [0.15, 0.2) is 18.2 Å². The molecule has 18 heavy (non-hydrogen) atoms. The molecular formula is C14H15FO3. The molecule has 1 saturated carbocycles. The second-order valence-electron chi connectivity index (χ2n) is 4.18. The zero-order valence-electron chi connectivity index (χ0n) is 9.99. The van der Waals surface area contributed by atoms with Gasteiger partial charge in [-0.25, -0.2) is 4.39 Å². The molecule has 1 fully saturated rings. The predicted molar refractivity (Wildman–Crippen MR) is 64.5 cm³/mol. The Morgan fingerprint density at radius 2 is 2.22 bits per heavy atom. The van der Waals surface area contributed by atoms with Crippen molar-refractivity contribution >= 4 is 0 Å². The predicted octanol–water partition coefficient (Wildman–Crippen LogP) is 1.93. The Hall–Kier alpha value is -1.57. The van der Waals surface area contributed by atoms with Gasteiger partial charge in [0, 0.05) is 6.07 Å². The molecule has 0 amide bonds. The molecule has 0 radical (unpaired) electrons. The molecule has 2 rings (SSSR count). The summed E-state index contributed by atoms with van der Waals surface area (Å²) in [5.74, 6) is 5.55. The van der Waals surface area contributed by atoms with Crippen molar-refractivity contribution in [3.05, 3.63) is 29.6 Å². The number of aliphatic hydroxyl groups excluding tert-OH is 1. The second kappa shape index (κ2) is 6.39. The van der Waals surface area contributed by atoms with Crippen molar-refractivity contribution < 1.29 is 19.0 Å². The van der Waals surface area contributed by atoms with E-state index in [1.165, 1.54) is 25.0 Å². The molecule has 0 saturated heterocycles. The first-order valence-corrected chi connectivity index (χ1v) is 5.89. The monoisotopic (exact) mass is 250 g/mol. The normalized spacial score (nSPS) is 13.9. The Morgan fingerprint density at radius 3 is 2.89 bits per heavy atom. The zero-order chi connectivity index (χ0) is 12.8. The number of hydrogen-bond donors (Lipinski definition) is 1. The minimum atomic E-state index is -0.462. The van der Waals surface area contributed by atoms with Crippen LogP contribution < -0.4 is 4.74 Å². The lowest BCUT2D eigenvalue weighted by molar-refractivity contribution is 0.00983. The van der Waals surface area contributed by atoms with Crippen LogP contribution in [0, 0.1) is 23.6 Å². The first-order valence-electron chi connectivity index (χ1n) is 5.89. The third-order valence-corrected chi connectivity index (χ3v) is 2.60. The summed E-state index contributed by atoms with van der Waals surface area (Å²) in [5.41, 5.74) is 0.246. The molecule has 0 aromatic heterocycles. The standard InChI is InChI=1S/C14H15FO3/c15-14-8-13(6-5-12(14)2-1-7-16)18-10-17-9-11-3-4-11/h5-6,8,11,16H,3-4,7,9-10H2. The number of hydrogen-bond acceptors (Lipinski definition) is 3. The van der Waals surface area contributed by atoms with E-state index in [9.17, 15) is 4.39 Å². The quantitative estimate of drug-likeness (QED) is 0.493. The van der Waals surface area contributed by atoms with Crippen LogP contribution in [0.25, 0.3) is 0 Å². The van der Waals surface area contributed by atoms with Crippen molar-refractivity contribution in [2.45, 2.75) is 12.8 Å². The number of benzene rings is 1. The first kappa shape index (κ1) is 12.9. The molecule has 3 nitrogen and oxygen atoms in total. The SMILES string of the molecule is OCC#Cc1ccc(OCOCC2CC2)cc1F. The van der Waals surface area contributed by atoms with Gasteiger partial charge in [-0.05, 0) is 30.9 Å². The lowest BCUT2D eigenvalue weighted by Gasteiger charge is -2.07. The van der Waals surface area contributed by atoms with E-state index in [1.807, 2.05) is 0 Å². The summed E-state index contributed by atoms with van der Waals surface area (Å²) >= 11 is 0. The summed E-state index contributed by atoms with van der Waals surface area (Å²) < 4.78 is 24.1. The fraction of sp³-hybridized carbons (Fsp3) is 0.429. The second-order valence-corrected chi connectivity index (χ2v) is 4.18. The van der Waals surface area contributed by atoms with Crippen molar-refractivity contribution in [2.24, 2.45) is 5.92 Å². The molecule has 0 atom stereocenters. The maximum absolute atomic E-state index is 13.5. The van der Waals surface area contributed by atoms with E-state index in [-0.39, 0.29) is 19.0 Å². The van der Waals surface area contributed by atoms with E-state index >= 15 is 0 Å². The van der Waals surface area contributed by atoms with Crippen LogP contribution in [-0.2, 0) is 4.74 Å². The van der Waals surface area contributed by atoms with Crippen molar-refractivity contribution in [2.75, 3.05) is 20.0 Å². The van der Waals surface area contributed by atoms with Crippen molar-refractivity contribution in [3.63, 3.8) is 0 Å². The summed E-state index contributed by atoms with van der Waals surface area (Å²) in [4.78, 5) is 0. The summed E-state index contributed by atoms with van der Waals surface area (Å²) in [6, 6.07) is 4.42. The van der Waals surface area contributed by atoms with Crippen LogP contribution in [0.3, 0.4) is 0 Å². The van der Waals surface area contributed by atoms with Crippen molar-refractivity contribution in [3.8, 4) is 17.6 Å². The van der Waals surface area contributed by atoms with Crippen LogP contribution in [0.1, 0.15) is 18.4 Å². The molecule has 0 heterocycles. The Morgan fingerprint density at radius 1 is 1.39 bits per heavy atom. The van der Waals surface area contributed by atoms with Crippen LogP contribution in [0.5, 0.6) is 5.75 Å². The number of rotatable bonds is 5. The topological polar surface area (TPSA) is 38.7 Å². The molecule has 0 aliphatic heterocycles. The van der Waals surface area contributed by atoms with Gasteiger partial charge < -0.3 is 14.6 Å². The Kier molecular flexibility index (Phi) is 4.57. The smallest absolute Gasteiger partial charge is 0.189 e. The average Bonchev–Trinajstić information content (AvgIpc) is 3.18. The van der Waals surface area contributed by atoms with Gasteiger partial charge in [0.15, 0.2) is 6.79 Å². The largest absolute Gasteiger partial charge is 0.467 e. The van der Waals surface area contributed by atoms with Crippen LogP contribution in [0.2, 0.25) is 0 Å². The van der Waals surface area contributed by atoms with E-state index in [0.717, 1.165) is 0 Å². The lowest BCUT2D eigenvalue weighted by Crippen LogP contribution is -2.05. The summed E-state index contributed by atoms with van der Waals surface area (Å²) in [7, 11) is 0. The maximum atomic E-state index is 13.5. The Bertz CT molecular complexity index is 458. The molecule has 0 spiro atoms. The maximum Gasteiger partial charge on any atom is 0.189 e. The highest BCUT2D eigenvalue weighted by Crippen LogP contribution is 2.28. The number of ether oxygens (including phenoxy) is 2. The molecule has 1 N–H and O–H groups in total. The molecule has 1 aliphatic carbocycles. The van der Waals surface area contributed by atoms with Crippen molar-refractivity contribution in [1.29, 1.82) is 0 Å². The Balaban J connectivity index is 1.83. The first-order chi connectivity index (χ1) is 8.79. The van der Waals surface area contributed by atoms with E-state index in [2.05, 4.69) is 11.8 Å². The third kappa shape index (κ3) is 4.02. The van der Waals surface area contributed by atoms with E-state index < -0.39 is 5.82 Å². The fourth-order valence-corrected chi connectivity index (χ4v) is 1.43. The summed E-state index contributed by atoms with van der Waals surface area (Å²) in [6.07, 6.45) is 2.46.